The Bertz CT molecular complexity index is 731. The van der Waals surface area contributed by atoms with Gasteiger partial charge in [0.05, 0.1) is 23.5 Å². The molecular weight excluding hydrogens is 321 g/mol. The van der Waals surface area contributed by atoms with Gasteiger partial charge in [-0.15, -0.1) is 0 Å². The highest BCUT2D eigenvalue weighted by molar-refractivity contribution is 5.93. The van der Waals surface area contributed by atoms with Crippen LogP contribution in [0, 0.1) is 0 Å². The Morgan fingerprint density at radius 1 is 1.29 bits per heavy atom. The first-order chi connectivity index (χ1) is 11.0. The average molecular weight is 340 g/mol. The first-order valence-electron chi connectivity index (χ1n) is 7.32. The summed E-state index contributed by atoms with van der Waals surface area (Å²) in [5, 5.41) is 6.98. The molecule has 0 aliphatic heterocycles. The molecule has 0 fully saturated rings. The fourth-order valence-corrected chi connectivity index (χ4v) is 2.14. The van der Waals surface area contributed by atoms with Crippen LogP contribution in [0.15, 0.2) is 24.4 Å². The summed E-state index contributed by atoms with van der Waals surface area (Å²) in [5.41, 5.74) is -0.362. The summed E-state index contributed by atoms with van der Waals surface area (Å²) < 4.78 is 39.0. The van der Waals surface area contributed by atoms with Crippen LogP contribution >= 0.6 is 0 Å². The largest absolute Gasteiger partial charge is 0.418 e. The molecule has 2 heterocycles. The number of hydrogen-bond acceptors (Lipinski definition) is 3. The molecule has 130 valence electrons. The van der Waals surface area contributed by atoms with Gasteiger partial charge in [0.1, 0.15) is 5.69 Å². The van der Waals surface area contributed by atoms with E-state index in [1.807, 2.05) is 20.8 Å². The standard InChI is InChI=1S/C16H19F3N4O/c1-15(2,3)12-8-10(21-22-12)9-23(4)14(24)13-11(16(17,18)19)6-5-7-20-13/h5-8H,9H2,1-4H3,(H,21,22). The van der Waals surface area contributed by atoms with Crippen molar-refractivity contribution in [1.82, 2.24) is 20.1 Å². The molecule has 1 N–H and O–H groups in total. The van der Waals surface area contributed by atoms with E-state index in [-0.39, 0.29) is 12.0 Å². The van der Waals surface area contributed by atoms with Crippen LogP contribution < -0.4 is 0 Å². The summed E-state index contributed by atoms with van der Waals surface area (Å²) in [7, 11) is 1.43. The van der Waals surface area contributed by atoms with E-state index in [9.17, 15) is 18.0 Å². The van der Waals surface area contributed by atoms with Crippen LogP contribution in [-0.4, -0.2) is 33.0 Å². The van der Waals surface area contributed by atoms with Crippen molar-refractivity contribution in [1.29, 1.82) is 0 Å². The molecule has 0 saturated heterocycles. The summed E-state index contributed by atoms with van der Waals surface area (Å²) in [5.74, 6) is -0.796. The van der Waals surface area contributed by atoms with Crippen LogP contribution in [0.2, 0.25) is 0 Å². The number of hydrogen-bond donors (Lipinski definition) is 1. The van der Waals surface area contributed by atoms with Crippen molar-refractivity contribution in [2.24, 2.45) is 0 Å². The van der Waals surface area contributed by atoms with Gasteiger partial charge in [-0.2, -0.15) is 18.3 Å². The van der Waals surface area contributed by atoms with Gasteiger partial charge in [0.2, 0.25) is 0 Å². The van der Waals surface area contributed by atoms with Crippen molar-refractivity contribution >= 4 is 5.91 Å². The third-order valence-corrected chi connectivity index (χ3v) is 3.47. The molecule has 2 rings (SSSR count). The molecule has 0 saturated carbocycles. The number of carbonyl (C=O) groups is 1. The Hall–Kier alpha value is -2.38. The van der Waals surface area contributed by atoms with E-state index < -0.39 is 23.3 Å². The van der Waals surface area contributed by atoms with E-state index in [1.54, 1.807) is 6.07 Å². The van der Waals surface area contributed by atoms with Crippen molar-refractivity contribution in [3.8, 4) is 0 Å². The SMILES string of the molecule is CN(Cc1cc(C(C)(C)C)n[nH]1)C(=O)c1ncccc1C(F)(F)F. The number of aromatic amines is 1. The van der Waals surface area contributed by atoms with E-state index >= 15 is 0 Å². The van der Waals surface area contributed by atoms with E-state index in [0.29, 0.717) is 5.69 Å². The summed E-state index contributed by atoms with van der Waals surface area (Å²) in [6.07, 6.45) is -3.46. The van der Waals surface area contributed by atoms with E-state index in [1.165, 1.54) is 18.1 Å². The molecule has 0 aliphatic rings. The maximum atomic E-state index is 13.0. The lowest BCUT2D eigenvalue weighted by Crippen LogP contribution is -2.29. The van der Waals surface area contributed by atoms with Crippen molar-refractivity contribution in [3.05, 3.63) is 47.0 Å². The van der Waals surface area contributed by atoms with Gasteiger partial charge >= 0.3 is 6.18 Å². The molecule has 5 nitrogen and oxygen atoms in total. The zero-order chi connectivity index (χ0) is 18.1. The fourth-order valence-electron chi connectivity index (χ4n) is 2.14. The molecule has 0 aromatic carbocycles. The maximum absolute atomic E-state index is 13.0. The minimum atomic E-state index is -4.63. The number of nitrogens with one attached hydrogen (secondary N) is 1. The molecular formula is C16H19F3N4O. The monoisotopic (exact) mass is 340 g/mol. The molecule has 8 heteroatoms. The van der Waals surface area contributed by atoms with Crippen LogP contribution in [0.25, 0.3) is 0 Å². The summed E-state index contributed by atoms with van der Waals surface area (Å²) in [4.78, 5) is 17.1. The van der Waals surface area contributed by atoms with Gasteiger partial charge in [0.15, 0.2) is 0 Å². The number of alkyl halides is 3. The number of nitrogens with zero attached hydrogens (tertiary/aromatic N) is 3. The van der Waals surface area contributed by atoms with Crippen LogP contribution in [0.1, 0.15) is 48.2 Å². The molecule has 0 unspecified atom stereocenters. The number of H-pyrrole nitrogens is 1. The van der Waals surface area contributed by atoms with Gasteiger partial charge in [-0.05, 0) is 18.2 Å². The maximum Gasteiger partial charge on any atom is 0.418 e. The van der Waals surface area contributed by atoms with Crippen LogP contribution in [0.3, 0.4) is 0 Å². The number of amides is 1. The van der Waals surface area contributed by atoms with Gasteiger partial charge in [0, 0.05) is 18.7 Å². The van der Waals surface area contributed by atoms with Gasteiger partial charge in [0.25, 0.3) is 5.91 Å². The molecule has 0 aliphatic carbocycles. The van der Waals surface area contributed by atoms with Crippen LogP contribution in [0.5, 0.6) is 0 Å². The Labute approximate surface area is 137 Å². The van der Waals surface area contributed by atoms with E-state index in [2.05, 4.69) is 15.2 Å². The Morgan fingerprint density at radius 3 is 2.50 bits per heavy atom. The zero-order valence-corrected chi connectivity index (χ0v) is 13.9. The first kappa shape index (κ1) is 18.0. The van der Waals surface area contributed by atoms with E-state index in [0.717, 1.165) is 17.8 Å². The fraction of sp³-hybridized carbons (Fsp3) is 0.438. The van der Waals surface area contributed by atoms with Crippen molar-refractivity contribution in [2.75, 3.05) is 7.05 Å². The molecule has 24 heavy (non-hydrogen) atoms. The highest BCUT2D eigenvalue weighted by Crippen LogP contribution is 2.31. The lowest BCUT2D eigenvalue weighted by atomic mass is 9.92. The Morgan fingerprint density at radius 2 is 1.96 bits per heavy atom. The van der Waals surface area contributed by atoms with Crippen molar-refractivity contribution in [3.63, 3.8) is 0 Å². The number of pyridine rings is 1. The molecule has 0 bridgehead atoms. The number of rotatable bonds is 3. The molecule has 0 spiro atoms. The third-order valence-electron chi connectivity index (χ3n) is 3.47. The molecule has 1 amide bonds. The summed E-state index contributed by atoms with van der Waals surface area (Å²) in [6.45, 7) is 6.08. The molecule has 0 radical (unpaired) electrons. The third kappa shape index (κ3) is 3.93. The Balaban J connectivity index is 2.21. The molecule has 2 aromatic heterocycles. The number of halogens is 3. The predicted octanol–water partition coefficient (Wildman–Crippen LogP) is 3.39. The smallest absolute Gasteiger partial charge is 0.334 e. The van der Waals surface area contributed by atoms with Crippen molar-refractivity contribution in [2.45, 2.75) is 38.9 Å². The second kappa shape index (κ2) is 6.26. The van der Waals surface area contributed by atoms with Crippen LogP contribution in [-0.2, 0) is 18.1 Å². The number of aromatic nitrogens is 3. The minimum Gasteiger partial charge on any atom is -0.334 e. The minimum absolute atomic E-state index is 0.107. The van der Waals surface area contributed by atoms with Gasteiger partial charge < -0.3 is 4.90 Å². The van der Waals surface area contributed by atoms with Gasteiger partial charge in [-0.25, -0.2) is 0 Å². The quantitative estimate of drug-likeness (QED) is 0.931. The highest BCUT2D eigenvalue weighted by Gasteiger charge is 2.36. The number of carbonyl (C=O) groups excluding carboxylic acids is 1. The molecule has 2 aromatic rings. The lowest BCUT2D eigenvalue weighted by Gasteiger charge is -2.18. The zero-order valence-electron chi connectivity index (χ0n) is 13.9. The lowest BCUT2D eigenvalue weighted by molar-refractivity contribution is -0.138. The van der Waals surface area contributed by atoms with Crippen molar-refractivity contribution < 1.29 is 18.0 Å². The normalized spacial score (nSPS) is 12.3. The van der Waals surface area contributed by atoms with Crippen LogP contribution in [0.4, 0.5) is 13.2 Å². The summed E-state index contributed by atoms with van der Waals surface area (Å²) in [6, 6.07) is 3.80. The Kier molecular flexibility index (Phi) is 4.68. The topological polar surface area (TPSA) is 61.9 Å². The summed E-state index contributed by atoms with van der Waals surface area (Å²) >= 11 is 0. The van der Waals surface area contributed by atoms with Gasteiger partial charge in [-0.1, -0.05) is 20.8 Å². The average Bonchev–Trinajstić information content (AvgIpc) is 2.94. The second-order valence-electron chi connectivity index (χ2n) is 6.59. The molecule has 0 atom stereocenters. The second-order valence-corrected chi connectivity index (χ2v) is 6.59. The van der Waals surface area contributed by atoms with Gasteiger partial charge in [-0.3, -0.25) is 14.9 Å². The predicted molar refractivity (Wildman–Crippen MR) is 82.3 cm³/mol. The first-order valence-corrected chi connectivity index (χ1v) is 7.32. The van der Waals surface area contributed by atoms with E-state index in [4.69, 9.17) is 0 Å². The highest BCUT2D eigenvalue weighted by atomic mass is 19.4.